The van der Waals surface area contributed by atoms with Crippen molar-refractivity contribution in [1.29, 1.82) is 0 Å². The smallest absolute Gasteiger partial charge is 0.254 e. The third-order valence-corrected chi connectivity index (χ3v) is 8.54. The predicted molar refractivity (Wildman–Crippen MR) is 151 cm³/mol. The molecule has 38 heavy (non-hydrogen) atoms. The van der Waals surface area contributed by atoms with Gasteiger partial charge in [-0.1, -0.05) is 54.6 Å². The van der Waals surface area contributed by atoms with E-state index in [1.165, 1.54) is 16.7 Å². The first kappa shape index (κ1) is 29.7. The van der Waals surface area contributed by atoms with Crippen LogP contribution in [0.15, 0.2) is 54.6 Å². The molecular weight excluding hydrogens is 500 g/mol. The topological polar surface area (TPSA) is 125 Å². The second kappa shape index (κ2) is 12.3. The molecule has 2 aromatic rings. The number of nitrogens with two attached hydrogens (primary N) is 1. The molecule has 0 saturated carbocycles. The lowest BCUT2D eigenvalue weighted by molar-refractivity contribution is -0.148. The summed E-state index contributed by atoms with van der Waals surface area (Å²) in [6, 6.07) is 15.5. The molecule has 0 aliphatic carbocycles. The van der Waals surface area contributed by atoms with Crippen molar-refractivity contribution in [3.63, 3.8) is 0 Å². The van der Waals surface area contributed by atoms with Crippen LogP contribution in [0.1, 0.15) is 44.4 Å². The number of aliphatic hydroxyl groups excluding tert-OH is 1. The van der Waals surface area contributed by atoms with Gasteiger partial charge in [-0.15, -0.1) is 11.8 Å². The highest BCUT2D eigenvalue weighted by atomic mass is 32.2. The summed E-state index contributed by atoms with van der Waals surface area (Å²) in [5, 5.41) is 17.2. The number of rotatable bonds is 10. The molecule has 1 fully saturated rings. The molecule has 1 saturated heterocycles. The fraction of sp³-hybridized carbons (Fsp3) is 0.483. The Labute approximate surface area is 229 Å². The van der Waals surface area contributed by atoms with Gasteiger partial charge in [-0.3, -0.25) is 14.4 Å². The fourth-order valence-electron chi connectivity index (χ4n) is 4.41. The van der Waals surface area contributed by atoms with E-state index in [0.29, 0.717) is 6.54 Å². The van der Waals surface area contributed by atoms with Crippen LogP contribution in [0.25, 0.3) is 0 Å². The Kier molecular flexibility index (Phi) is 9.62. The van der Waals surface area contributed by atoms with Gasteiger partial charge < -0.3 is 26.4 Å². The molecule has 1 aliphatic heterocycles. The summed E-state index contributed by atoms with van der Waals surface area (Å²) in [7, 11) is 0. The normalized spacial score (nSPS) is 18.5. The van der Waals surface area contributed by atoms with Crippen LogP contribution < -0.4 is 16.4 Å². The quantitative estimate of drug-likeness (QED) is 0.367. The number of hydrogen-bond acceptors (Lipinski definition) is 6. The first-order valence-corrected chi connectivity index (χ1v) is 13.9. The highest BCUT2D eigenvalue weighted by molar-refractivity contribution is 8.00. The van der Waals surface area contributed by atoms with Crippen LogP contribution in [0, 0.1) is 12.3 Å². The Bertz CT molecular complexity index is 1140. The number of amides is 3. The number of hydrogen-bond donors (Lipinski definition) is 4. The molecule has 3 amide bonds. The minimum Gasteiger partial charge on any atom is -0.381 e. The molecular formula is C29H40N4O4S. The summed E-state index contributed by atoms with van der Waals surface area (Å²) >= 11 is 1.48. The molecule has 0 spiro atoms. The molecule has 0 bridgehead atoms. The fourth-order valence-corrected chi connectivity index (χ4v) is 5.55. The van der Waals surface area contributed by atoms with Gasteiger partial charge >= 0.3 is 0 Å². The molecule has 3 rings (SSSR count). The lowest BCUT2D eigenvalue weighted by Crippen LogP contribution is -2.59. The maximum atomic E-state index is 13.7. The van der Waals surface area contributed by atoms with E-state index in [9.17, 15) is 19.5 Å². The molecule has 3 unspecified atom stereocenters. The van der Waals surface area contributed by atoms with E-state index < -0.39 is 34.3 Å². The second-order valence-electron chi connectivity index (χ2n) is 11.0. The Hall–Kier alpha value is -2.88. The van der Waals surface area contributed by atoms with E-state index in [-0.39, 0.29) is 30.7 Å². The van der Waals surface area contributed by atoms with Gasteiger partial charge in [0, 0.05) is 17.8 Å². The summed E-state index contributed by atoms with van der Waals surface area (Å²) in [6.45, 7) is 9.70. The summed E-state index contributed by atoms with van der Waals surface area (Å²) in [5.74, 6) is -0.968. The Morgan fingerprint density at radius 1 is 1.13 bits per heavy atom. The zero-order chi connectivity index (χ0) is 28.1. The van der Waals surface area contributed by atoms with Crippen molar-refractivity contribution in [3.8, 4) is 0 Å². The van der Waals surface area contributed by atoms with E-state index in [1.54, 1.807) is 13.8 Å². The van der Waals surface area contributed by atoms with Crippen molar-refractivity contribution in [2.45, 2.75) is 70.5 Å². The number of nitrogens with zero attached hydrogens (tertiary/aromatic N) is 1. The third kappa shape index (κ3) is 6.95. The molecule has 8 nitrogen and oxygen atoms in total. The molecule has 9 heteroatoms. The van der Waals surface area contributed by atoms with Gasteiger partial charge in [0.15, 0.2) is 6.10 Å². The van der Waals surface area contributed by atoms with Crippen molar-refractivity contribution in [2.24, 2.45) is 11.1 Å². The zero-order valence-electron chi connectivity index (χ0n) is 22.9. The first-order chi connectivity index (χ1) is 17.9. The number of thioether (sulfide) groups is 1. The van der Waals surface area contributed by atoms with Gasteiger partial charge in [0.05, 0.1) is 17.3 Å². The molecule has 1 heterocycles. The van der Waals surface area contributed by atoms with E-state index in [1.807, 2.05) is 75.4 Å². The molecule has 0 aromatic heterocycles. The van der Waals surface area contributed by atoms with Crippen LogP contribution in [-0.4, -0.2) is 63.1 Å². The maximum absolute atomic E-state index is 13.7. The van der Waals surface area contributed by atoms with Crippen LogP contribution in [0.5, 0.6) is 0 Å². The molecule has 3 atom stereocenters. The van der Waals surface area contributed by atoms with Crippen molar-refractivity contribution < 1.29 is 19.5 Å². The van der Waals surface area contributed by atoms with E-state index in [4.69, 9.17) is 5.73 Å². The van der Waals surface area contributed by atoms with Crippen LogP contribution in [0.2, 0.25) is 0 Å². The molecule has 0 radical (unpaired) electrons. The van der Waals surface area contributed by atoms with Crippen molar-refractivity contribution in [1.82, 2.24) is 15.5 Å². The van der Waals surface area contributed by atoms with Gasteiger partial charge in [0.2, 0.25) is 11.8 Å². The number of aliphatic hydroxyl groups is 1. The van der Waals surface area contributed by atoms with Crippen molar-refractivity contribution >= 4 is 29.5 Å². The highest BCUT2D eigenvalue weighted by Crippen LogP contribution is 2.40. The van der Waals surface area contributed by atoms with Gasteiger partial charge in [-0.25, -0.2) is 0 Å². The number of aryl methyl sites for hydroxylation is 1. The monoisotopic (exact) mass is 540 g/mol. The van der Waals surface area contributed by atoms with E-state index in [0.717, 1.165) is 16.7 Å². The zero-order valence-corrected chi connectivity index (χ0v) is 23.7. The standard InChI is InChI=1S/C29H40N4O4S/c1-19-11-9-10-14-21(19)16-31-25(35)24-29(4,5)38-18-33(24)26(36)23(34)22(15-20-12-7-6-8-13-20)32-27(37)28(2,3)17-30/h6-14,22-24,34H,15-18,30H2,1-5H3,(H,31,35)(H,32,37). The number of carbonyl (C=O) groups excluding carboxylic acids is 3. The molecule has 206 valence electrons. The average molecular weight is 541 g/mol. The number of carbonyl (C=O) groups is 3. The summed E-state index contributed by atoms with van der Waals surface area (Å²) in [6.07, 6.45) is -1.30. The Balaban J connectivity index is 1.81. The summed E-state index contributed by atoms with van der Waals surface area (Å²) < 4.78 is -0.565. The van der Waals surface area contributed by atoms with Gasteiger partial charge in [-0.2, -0.15) is 0 Å². The van der Waals surface area contributed by atoms with Crippen LogP contribution in [0.3, 0.4) is 0 Å². The number of nitrogens with one attached hydrogen (secondary N) is 2. The maximum Gasteiger partial charge on any atom is 0.254 e. The summed E-state index contributed by atoms with van der Waals surface area (Å²) in [5.41, 5.74) is 7.83. The van der Waals surface area contributed by atoms with Crippen molar-refractivity contribution in [3.05, 3.63) is 71.3 Å². The van der Waals surface area contributed by atoms with Crippen molar-refractivity contribution in [2.75, 3.05) is 12.4 Å². The summed E-state index contributed by atoms with van der Waals surface area (Å²) in [4.78, 5) is 41.5. The van der Waals surface area contributed by atoms with Gasteiger partial charge in [0.25, 0.3) is 5.91 Å². The van der Waals surface area contributed by atoms with E-state index >= 15 is 0 Å². The number of benzene rings is 2. The minimum absolute atomic E-state index is 0.112. The third-order valence-electron chi connectivity index (χ3n) is 7.17. The second-order valence-corrected chi connectivity index (χ2v) is 12.6. The van der Waals surface area contributed by atoms with Crippen LogP contribution in [0.4, 0.5) is 0 Å². The SMILES string of the molecule is Cc1ccccc1CNC(=O)C1N(C(=O)C(O)C(Cc2ccccc2)NC(=O)C(C)(C)CN)CSC1(C)C. The largest absolute Gasteiger partial charge is 0.381 e. The Morgan fingerprint density at radius 3 is 2.39 bits per heavy atom. The molecule has 1 aliphatic rings. The molecule has 5 N–H and O–H groups in total. The minimum atomic E-state index is -1.55. The highest BCUT2D eigenvalue weighted by Gasteiger charge is 2.50. The average Bonchev–Trinajstić information content (AvgIpc) is 3.22. The van der Waals surface area contributed by atoms with E-state index in [2.05, 4.69) is 10.6 Å². The first-order valence-electron chi connectivity index (χ1n) is 12.9. The predicted octanol–water partition coefficient (Wildman–Crippen LogP) is 2.36. The molecule has 2 aromatic carbocycles. The van der Waals surface area contributed by atoms with Crippen LogP contribution >= 0.6 is 11.8 Å². The lowest BCUT2D eigenvalue weighted by Gasteiger charge is -2.34. The lowest BCUT2D eigenvalue weighted by atomic mass is 9.91. The van der Waals surface area contributed by atoms with Gasteiger partial charge in [-0.05, 0) is 57.7 Å². The van der Waals surface area contributed by atoms with Crippen LogP contribution in [-0.2, 0) is 27.3 Å². The van der Waals surface area contributed by atoms with Gasteiger partial charge in [0.1, 0.15) is 6.04 Å². The Morgan fingerprint density at radius 2 is 1.76 bits per heavy atom.